The number of aryl methyl sites for hydroxylation is 3. The van der Waals surface area contributed by atoms with Crippen LogP contribution in [-0.2, 0) is 9.59 Å². The summed E-state index contributed by atoms with van der Waals surface area (Å²) in [6, 6.07) is 7.40. The van der Waals surface area contributed by atoms with Crippen LogP contribution in [0.1, 0.15) is 35.7 Å². The molecule has 8 heteroatoms. The lowest BCUT2D eigenvalue weighted by Crippen LogP contribution is -2.40. The summed E-state index contributed by atoms with van der Waals surface area (Å²) in [6.45, 7) is 7.61. The van der Waals surface area contributed by atoms with Crippen molar-refractivity contribution in [2.24, 2.45) is 0 Å². The Bertz CT molecular complexity index is 1310. The number of rotatable bonds is 5. The minimum Gasteiger partial charge on any atom is -0.295 e. The van der Waals surface area contributed by atoms with E-state index in [9.17, 15) is 18.8 Å². The zero-order valence-corrected chi connectivity index (χ0v) is 18.4. The fourth-order valence-corrected chi connectivity index (χ4v) is 4.11. The van der Waals surface area contributed by atoms with E-state index in [4.69, 9.17) is 0 Å². The second-order valence-corrected chi connectivity index (χ2v) is 8.01. The van der Waals surface area contributed by atoms with Crippen molar-refractivity contribution < 1.29 is 18.5 Å². The molecule has 3 heterocycles. The second kappa shape index (κ2) is 8.03. The molecule has 0 atom stereocenters. The molecule has 3 aromatic rings. The van der Waals surface area contributed by atoms with Crippen LogP contribution < -0.4 is 10.1 Å². The van der Waals surface area contributed by atoms with Gasteiger partial charge in [0.05, 0.1) is 11.3 Å². The number of amides is 2. The first-order valence-electron chi connectivity index (χ1n) is 10.4. The fraction of sp³-hybridized carbons (Fsp3) is 0.250. The topological polar surface area (TPSA) is 79.1 Å². The molecule has 0 saturated heterocycles. The zero-order valence-electron chi connectivity index (χ0n) is 18.4. The molecule has 2 aromatic heterocycles. The van der Waals surface area contributed by atoms with E-state index < -0.39 is 23.2 Å². The molecule has 0 spiro atoms. The van der Waals surface area contributed by atoms with E-state index in [1.165, 1.54) is 33.8 Å². The fourth-order valence-electron chi connectivity index (χ4n) is 4.11. The van der Waals surface area contributed by atoms with E-state index in [0.717, 1.165) is 11.1 Å². The van der Waals surface area contributed by atoms with Gasteiger partial charge < -0.3 is 0 Å². The van der Waals surface area contributed by atoms with E-state index >= 15 is 0 Å². The number of aromatic amines is 1. The van der Waals surface area contributed by atoms with Crippen LogP contribution in [0.5, 0.6) is 0 Å². The van der Waals surface area contributed by atoms with Gasteiger partial charge >= 0.3 is 5.91 Å². The third kappa shape index (κ3) is 3.47. The van der Waals surface area contributed by atoms with Gasteiger partial charge in [0.2, 0.25) is 0 Å². The number of hydrogen-bond donors (Lipinski definition) is 1. The van der Waals surface area contributed by atoms with Crippen LogP contribution in [0.4, 0.5) is 4.39 Å². The van der Waals surface area contributed by atoms with E-state index in [-0.39, 0.29) is 23.4 Å². The van der Waals surface area contributed by atoms with Crippen molar-refractivity contribution in [2.75, 3.05) is 6.54 Å². The minimum atomic E-state index is -0.496. The van der Waals surface area contributed by atoms with E-state index in [0.29, 0.717) is 17.8 Å². The summed E-state index contributed by atoms with van der Waals surface area (Å²) in [5.74, 6) is -1.35. The molecule has 0 fully saturated rings. The number of nitrogens with one attached hydrogen (secondary N) is 1. The highest BCUT2D eigenvalue weighted by Crippen LogP contribution is 2.30. The molecular formula is C24H24FN4O3+. The van der Waals surface area contributed by atoms with Crippen LogP contribution in [0.3, 0.4) is 0 Å². The van der Waals surface area contributed by atoms with Gasteiger partial charge in [-0.05, 0) is 57.5 Å². The number of carbonyl (C=O) groups excluding carboxylic acids is 2. The van der Waals surface area contributed by atoms with Gasteiger partial charge in [0, 0.05) is 23.4 Å². The van der Waals surface area contributed by atoms with Gasteiger partial charge in [-0.25, -0.2) is 9.07 Å². The molecule has 4 rings (SSSR count). The molecule has 7 nitrogen and oxygen atoms in total. The normalized spacial score (nSPS) is 14.1. The summed E-state index contributed by atoms with van der Waals surface area (Å²) in [6.07, 6.45) is 4.13. The van der Waals surface area contributed by atoms with Gasteiger partial charge in [-0.1, -0.05) is 6.92 Å². The van der Waals surface area contributed by atoms with Gasteiger partial charge in [0.25, 0.3) is 17.2 Å². The molecule has 1 N–H and O–H groups in total. The lowest BCUT2D eigenvalue weighted by Gasteiger charge is -2.11. The highest BCUT2D eigenvalue weighted by atomic mass is 19.1. The summed E-state index contributed by atoms with van der Waals surface area (Å²) in [7, 11) is 0. The predicted molar refractivity (Wildman–Crippen MR) is 117 cm³/mol. The van der Waals surface area contributed by atoms with Gasteiger partial charge in [-0.2, -0.15) is 4.57 Å². The highest BCUT2D eigenvalue weighted by Gasteiger charge is 2.46. The molecule has 1 aromatic carbocycles. The van der Waals surface area contributed by atoms with Gasteiger partial charge in [-0.3, -0.25) is 24.4 Å². The molecule has 1 aliphatic rings. The van der Waals surface area contributed by atoms with Crippen LogP contribution in [-0.4, -0.2) is 33.0 Å². The van der Waals surface area contributed by atoms with Crippen LogP contribution in [0, 0.1) is 26.6 Å². The van der Waals surface area contributed by atoms with Crippen molar-refractivity contribution >= 4 is 23.1 Å². The smallest absolute Gasteiger partial charge is 0.295 e. The number of carbonyl (C=O) groups is 2. The Morgan fingerprint density at radius 1 is 0.969 bits per heavy atom. The van der Waals surface area contributed by atoms with Crippen molar-refractivity contribution in [3.8, 4) is 5.69 Å². The monoisotopic (exact) mass is 435 g/mol. The number of benzene rings is 1. The van der Waals surface area contributed by atoms with Crippen LogP contribution >= 0.6 is 0 Å². The van der Waals surface area contributed by atoms with Crippen molar-refractivity contribution in [2.45, 2.75) is 34.1 Å². The standard InChI is InChI=1S/C24H23FN4O3/c1-5-10-28-22(30)20(21(24(28)32)27-12-14(2)11-15(3)13-27)19-16(4)26-29(23(19)31)18-8-6-17(25)7-9-18/h6-9,11-13H,5,10H2,1-4H3/p+1. The number of H-pyrrole nitrogens is 1. The Hall–Kier alpha value is -3.81. The molecule has 0 aliphatic carbocycles. The van der Waals surface area contributed by atoms with Crippen molar-refractivity contribution in [1.29, 1.82) is 0 Å². The quantitative estimate of drug-likeness (QED) is 0.494. The van der Waals surface area contributed by atoms with Gasteiger partial charge in [0.15, 0.2) is 12.4 Å². The van der Waals surface area contributed by atoms with Gasteiger partial charge in [-0.15, -0.1) is 0 Å². The SMILES string of the molecule is CCCN1C(=O)C(c2c(C)[nH]n(-c3ccc(F)cc3)c2=O)=C([n+]2cc(C)cc(C)c2)C1=O. The number of imide groups is 1. The number of nitrogens with zero attached hydrogens (tertiary/aromatic N) is 3. The van der Waals surface area contributed by atoms with Crippen molar-refractivity contribution in [1.82, 2.24) is 14.7 Å². The van der Waals surface area contributed by atoms with E-state index in [1.807, 2.05) is 26.8 Å². The van der Waals surface area contributed by atoms with Crippen LogP contribution in [0.25, 0.3) is 17.0 Å². The largest absolute Gasteiger partial charge is 0.326 e. The molecule has 1 aliphatic heterocycles. The lowest BCUT2D eigenvalue weighted by atomic mass is 10.1. The van der Waals surface area contributed by atoms with E-state index in [1.54, 1.807) is 23.9 Å². The number of aromatic nitrogens is 3. The van der Waals surface area contributed by atoms with Gasteiger partial charge in [0.1, 0.15) is 11.4 Å². The number of hydrogen-bond acceptors (Lipinski definition) is 3. The average molecular weight is 435 g/mol. The summed E-state index contributed by atoms with van der Waals surface area (Å²) >= 11 is 0. The summed E-state index contributed by atoms with van der Waals surface area (Å²) in [4.78, 5) is 41.3. The predicted octanol–water partition coefficient (Wildman–Crippen LogP) is 2.66. The Morgan fingerprint density at radius 2 is 1.59 bits per heavy atom. The lowest BCUT2D eigenvalue weighted by molar-refractivity contribution is -0.577. The van der Waals surface area contributed by atoms with E-state index in [2.05, 4.69) is 5.10 Å². The van der Waals surface area contributed by atoms with Crippen LogP contribution in [0.15, 0.2) is 47.5 Å². The molecule has 0 bridgehead atoms. The number of halogens is 1. The molecule has 0 unspecified atom stereocenters. The molecule has 0 radical (unpaired) electrons. The maximum absolute atomic E-state index is 13.4. The maximum Gasteiger partial charge on any atom is 0.326 e. The molecule has 164 valence electrons. The third-order valence-corrected chi connectivity index (χ3v) is 5.40. The molecule has 0 saturated carbocycles. The first kappa shape index (κ1) is 21.4. The molecule has 32 heavy (non-hydrogen) atoms. The Morgan fingerprint density at radius 3 is 2.19 bits per heavy atom. The third-order valence-electron chi connectivity index (χ3n) is 5.40. The minimum absolute atomic E-state index is 0.0676. The Labute approximate surface area is 184 Å². The second-order valence-electron chi connectivity index (χ2n) is 8.01. The van der Waals surface area contributed by atoms with Crippen molar-refractivity contribution in [3.63, 3.8) is 0 Å². The number of pyridine rings is 1. The summed E-state index contributed by atoms with van der Waals surface area (Å²) in [5, 5.41) is 2.96. The highest BCUT2D eigenvalue weighted by molar-refractivity contribution is 6.44. The summed E-state index contributed by atoms with van der Waals surface area (Å²) < 4.78 is 16.2. The Balaban J connectivity index is 1.99. The molecule has 2 amide bonds. The first-order chi connectivity index (χ1) is 15.2. The molecular weight excluding hydrogens is 411 g/mol. The maximum atomic E-state index is 13.4. The van der Waals surface area contributed by atoms with Crippen molar-refractivity contribution in [3.05, 3.63) is 81.3 Å². The first-order valence-corrected chi connectivity index (χ1v) is 10.4. The van der Waals surface area contributed by atoms with Crippen LogP contribution in [0.2, 0.25) is 0 Å². The average Bonchev–Trinajstić information content (AvgIpc) is 3.15. The zero-order chi connectivity index (χ0) is 23.2. The Kier molecular flexibility index (Phi) is 5.38. The summed E-state index contributed by atoms with van der Waals surface area (Å²) in [5.41, 5.74) is 2.57.